The molecule has 4 heterocycles. The molecule has 0 aliphatic heterocycles. The number of aryl methyl sites for hydroxylation is 2. The number of nitrogens with zero attached hydrogens (tertiary/aromatic N) is 6. The number of carbonyl (C=O) groups excluding carboxylic acids is 1. The van der Waals surface area contributed by atoms with Crippen molar-refractivity contribution in [2.24, 2.45) is 14.1 Å². The number of rotatable bonds is 4. The van der Waals surface area contributed by atoms with Crippen LogP contribution in [0.1, 0.15) is 16.1 Å². The topological polar surface area (TPSA) is 78.5 Å². The summed E-state index contributed by atoms with van der Waals surface area (Å²) in [6.45, 7) is 0. The van der Waals surface area contributed by atoms with E-state index in [4.69, 9.17) is 0 Å². The lowest BCUT2D eigenvalue weighted by molar-refractivity contribution is 0.0992. The Morgan fingerprint density at radius 1 is 0.897 bits per heavy atom. The summed E-state index contributed by atoms with van der Waals surface area (Å²) in [5, 5.41) is 11.3. The second-order valence-corrected chi connectivity index (χ2v) is 7.14. The first-order valence-electron chi connectivity index (χ1n) is 9.25. The molecule has 0 fully saturated rings. The summed E-state index contributed by atoms with van der Waals surface area (Å²) < 4.78 is 3.54. The van der Waals surface area contributed by atoms with Gasteiger partial charge in [-0.3, -0.25) is 24.1 Å². The first kappa shape index (κ1) is 17.2. The van der Waals surface area contributed by atoms with Crippen LogP contribution in [-0.4, -0.2) is 35.3 Å². The predicted octanol–water partition coefficient (Wildman–Crippen LogP) is 3.34. The maximum atomic E-state index is 12.8. The number of Topliss-reactive ketones (excluding diaryl/α,β-unsaturated/α-hetero) is 1. The van der Waals surface area contributed by atoms with Gasteiger partial charge in [-0.05, 0) is 35.7 Å². The van der Waals surface area contributed by atoms with Crippen LogP contribution in [0, 0.1) is 0 Å². The Balaban J connectivity index is 1.45. The number of aromatic nitrogens is 6. The summed E-state index contributed by atoms with van der Waals surface area (Å²) >= 11 is 0. The van der Waals surface area contributed by atoms with Crippen molar-refractivity contribution in [2.45, 2.75) is 6.42 Å². The molecule has 0 spiro atoms. The van der Waals surface area contributed by atoms with Crippen molar-refractivity contribution in [1.82, 2.24) is 29.5 Å². The quantitative estimate of drug-likeness (QED) is 0.446. The summed E-state index contributed by atoms with van der Waals surface area (Å²) in [6, 6.07) is 9.62. The number of hydrogen-bond acceptors (Lipinski definition) is 5. The minimum absolute atomic E-state index is 0.0316. The monoisotopic (exact) mass is 382 g/mol. The second-order valence-electron chi connectivity index (χ2n) is 7.14. The van der Waals surface area contributed by atoms with E-state index in [1.807, 2.05) is 50.6 Å². The summed E-state index contributed by atoms with van der Waals surface area (Å²) in [4.78, 5) is 21.7. The van der Waals surface area contributed by atoms with Crippen LogP contribution in [0.15, 0.2) is 61.3 Å². The largest absolute Gasteiger partial charge is 0.294 e. The standard InChI is InChI=1S/C22H18N6O/c1-27-13-18(12-25-27)20-7-15-6-19(23-9-17(15)10-24-20)8-22(29)14-3-4-21-16(5-14)11-26-28(21)2/h3-7,9-13H,8H2,1-2H3. The molecule has 0 amide bonds. The molecule has 1 aromatic carbocycles. The third kappa shape index (κ3) is 3.16. The normalized spacial score (nSPS) is 11.4. The number of hydrogen-bond donors (Lipinski definition) is 0. The molecular weight excluding hydrogens is 364 g/mol. The Labute approximate surface area is 166 Å². The molecule has 7 nitrogen and oxygen atoms in total. The first-order chi connectivity index (χ1) is 14.1. The third-order valence-corrected chi connectivity index (χ3v) is 5.07. The van der Waals surface area contributed by atoms with E-state index in [2.05, 4.69) is 20.2 Å². The molecule has 142 valence electrons. The molecule has 0 N–H and O–H groups in total. The minimum Gasteiger partial charge on any atom is -0.294 e. The number of benzene rings is 1. The number of pyridine rings is 2. The Kier molecular flexibility index (Phi) is 3.94. The van der Waals surface area contributed by atoms with Gasteiger partial charge in [0.15, 0.2) is 5.78 Å². The highest BCUT2D eigenvalue weighted by atomic mass is 16.1. The molecule has 0 aliphatic rings. The zero-order chi connectivity index (χ0) is 20.0. The number of fused-ring (bicyclic) bond motifs is 2. The van der Waals surface area contributed by atoms with E-state index in [9.17, 15) is 4.79 Å². The lowest BCUT2D eigenvalue weighted by Crippen LogP contribution is -2.05. The van der Waals surface area contributed by atoms with Crippen molar-refractivity contribution in [2.75, 3.05) is 0 Å². The predicted molar refractivity (Wildman–Crippen MR) is 110 cm³/mol. The Morgan fingerprint density at radius 2 is 1.76 bits per heavy atom. The molecule has 0 unspecified atom stereocenters. The zero-order valence-electron chi connectivity index (χ0n) is 16.1. The van der Waals surface area contributed by atoms with Crippen LogP contribution in [0.25, 0.3) is 32.9 Å². The maximum Gasteiger partial charge on any atom is 0.168 e. The van der Waals surface area contributed by atoms with Crippen molar-refractivity contribution < 1.29 is 4.79 Å². The molecule has 29 heavy (non-hydrogen) atoms. The van der Waals surface area contributed by atoms with Gasteiger partial charge in [0.05, 0.1) is 30.0 Å². The van der Waals surface area contributed by atoms with Gasteiger partial charge in [0.2, 0.25) is 0 Å². The summed E-state index contributed by atoms with van der Waals surface area (Å²) in [5.74, 6) is 0.0316. The van der Waals surface area contributed by atoms with Crippen LogP contribution in [0.5, 0.6) is 0 Å². The molecule has 0 aliphatic carbocycles. The second kappa shape index (κ2) is 6.63. The van der Waals surface area contributed by atoms with E-state index >= 15 is 0 Å². The van der Waals surface area contributed by atoms with Gasteiger partial charge in [0.1, 0.15) is 0 Å². The fourth-order valence-corrected chi connectivity index (χ4v) is 3.50. The summed E-state index contributed by atoms with van der Waals surface area (Å²) in [5.41, 5.74) is 4.20. The summed E-state index contributed by atoms with van der Waals surface area (Å²) in [6.07, 6.45) is 9.29. The molecule has 0 atom stereocenters. The van der Waals surface area contributed by atoms with Crippen LogP contribution in [-0.2, 0) is 20.5 Å². The van der Waals surface area contributed by atoms with Crippen LogP contribution in [0.2, 0.25) is 0 Å². The third-order valence-electron chi connectivity index (χ3n) is 5.07. The molecule has 4 aromatic heterocycles. The van der Waals surface area contributed by atoms with E-state index in [1.165, 1.54) is 0 Å². The van der Waals surface area contributed by atoms with E-state index < -0.39 is 0 Å². The average molecular weight is 382 g/mol. The van der Waals surface area contributed by atoms with E-state index in [0.29, 0.717) is 5.56 Å². The van der Waals surface area contributed by atoms with Gasteiger partial charge in [-0.1, -0.05) is 0 Å². The first-order valence-corrected chi connectivity index (χ1v) is 9.25. The highest BCUT2D eigenvalue weighted by molar-refractivity contribution is 6.00. The van der Waals surface area contributed by atoms with Crippen LogP contribution in [0.3, 0.4) is 0 Å². The molecule has 0 saturated carbocycles. The maximum absolute atomic E-state index is 12.8. The molecule has 5 rings (SSSR count). The number of carbonyl (C=O) groups is 1. The smallest absolute Gasteiger partial charge is 0.168 e. The average Bonchev–Trinajstić information content (AvgIpc) is 3.33. The lowest BCUT2D eigenvalue weighted by Gasteiger charge is -2.05. The minimum atomic E-state index is 0.0316. The van der Waals surface area contributed by atoms with Gasteiger partial charge in [0.25, 0.3) is 0 Å². The van der Waals surface area contributed by atoms with Gasteiger partial charge in [0, 0.05) is 60.3 Å². The van der Waals surface area contributed by atoms with Gasteiger partial charge in [-0.2, -0.15) is 10.2 Å². The van der Waals surface area contributed by atoms with Crippen molar-refractivity contribution >= 4 is 27.5 Å². The summed E-state index contributed by atoms with van der Waals surface area (Å²) in [7, 11) is 3.76. The highest BCUT2D eigenvalue weighted by Crippen LogP contribution is 2.22. The van der Waals surface area contributed by atoms with Crippen molar-refractivity contribution in [3.63, 3.8) is 0 Å². The molecule has 0 bridgehead atoms. The van der Waals surface area contributed by atoms with Crippen LogP contribution >= 0.6 is 0 Å². The van der Waals surface area contributed by atoms with Gasteiger partial charge < -0.3 is 0 Å². The number of ketones is 1. The fraction of sp³-hybridized carbons (Fsp3) is 0.136. The molecular formula is C22H18N6O. The van der Waals surface area contributed by atoms with Gasteiger partial charge in [-0.15, -0.1) is 0 Å². The van der Waals surface area contributed by atoms with Gasteiger partial charge in [-0.25, -0.2) is 0 Å². The molecule has 0 radical (unpaired) electrons. The zero-order valence-corrected chi connectivity index (χ0v) is 16.1. The SMILES string of the molecule is Cn1cc(-c2cc3cc(CC(=O)c4ccc5c(cnn5C)c4)ncc3cn2)cn1. The molecule has 7 heteroatoms. The van der Waals surface area contributed by atoms with Crippen molar-refractivity contribution in [3.8, 4) is 11.3 Å². The highest BCUT2D eigenvalue weighted by Gasteiger charge is 2.11. The van der Waals surface area contributed by atoms with E-state index in [1.54, 1.807) is 34.2 Å². The van der Waals surface area contributed by atoms with E-state index in [0.717, 1.165) is 38.6 Å². The molecule has 5 aromatic rings. The molecule has 0 saturated heterocycles. The van der Waals surface area contributed by atoms with Crippen LogP contribution < -0.4 is 0 Å². The lowest BCUT2D eigenvalue weighted by atomic mass is 10.0. The Bertz CT molecular complexity index is 1380. The van der Waals surface area contributed by atoms with Crippen molar-refractivity contribution in [1.29, 1.82) is 0 Å². The van der Waals surface area contributed by atoms with Crippen LogP contribution in [0.4, 0.5) is 0 Å². The van der Waals surface area contributed by atoms with E-state index in [-0.39, 0.29) is 12.2 Å². The van der Waals surface area contributed by atoms with Crippen molar-refractivity contribution in [3.05, 3.63) is 72.6 Å². The Morgan fingerprint density at radius 3 is 2.59 bits per heavy atom. The van der Waals surface area contributed by atoms with Gasteiger partial charge >= 0.3 is 0 Å². The Hall–Kier alpha value is -3.87. The fourth-order valence-electron chi connectivity index (χ4n) is 3.50.